The molecule has 0 spiro atoms. The maximum Gasteiger partial charge on any atom is 4.00 e. The van der Waals surface area contributed by atoms with Gasteiger partial charge in [-0.15, -0.1) is 24.3 Å². The predicted molar refractivity (Wildman–Crippen MR) is 254 cm³/mol. The molecule has 1 aromatic heterocycles. The van der Waals surface area contributed by atoms with Crippen LogP contribution in [0.4, 0.5) is 0 Å². The van der Waals surface area contributed by atoms with Gasteiger partial charge < -0.3 is 19.7 Å². The second kappa shape index (κ2) is 21.8. The zero-order chi connectivity index (χ0) is 42.8. The van der Waals surface area contributed by atoms with Crippen LogP contribution in [0.25, 0.3) is 38.6 Å². The molecule has 0 fully saturated rings. The van der Waals surface area contributed by atoms with Crippen molar-refractivity contribution in [2.75, 3.05) is 33.7 Å². The van der Waals surface area contributed by atoms with Crippen molar-refractivity contribution in [2.24, 2.45) is 0 Å². The van der Waals surface area contributed by atoms with Gasteiger partial charge in [-0.25, -0.2) is 0 Å². The number of rotatable bonds is 10. The number of hydrogen-bond donors (Lipinski definition) is 2. The van der Waals surface area contributed by atoms with Gasteiger partial charge in [0.2, 0.25) is 0 Å². The van der Waals surface area contributed by atoms with Gasteiger partial charge in [0.15, 0.2) is 0 Å². The van der Waals surface area contributed by atoms with E-state index in [1.54, 1.807) is 0 Å². The van der Waals surface area contributed by atoms with E-state index >= 15 is 0 Å². The minimum absolute atomic E-state index is 0. The van der Waals surface area contributed by atoms with Gasteiger partial charge in [0, 0.05) is 48.1 Å². The largest absolute Gasteiger partial charge is 4.00 e. The first-order valence-electron chi connectivity index (χ1n) is 20.7. The molecular weight excluding hydrogens is 913 g/mol. The molecule has 2 N–H and O–H groups in total. The fourth-order valence-corrected chi connectivity index (χ4v) is 7.87. The van der Waals surface area contributed by atoms with E-state index in [0.29, 0.717) is 24.5 Å². The number of aryl methyl sites for hydroxylation is 4. The number of fused-ring (bicyclic) bond motifs is 3. The van der Waals surface area contributed by atoms with Crippen molar-refractivity contribution < 1.29 is 36.1 Å². The van der Waals surface area contributed by atoms with Gasteiger partial charge in [0.05, 0.1) is 16.7 Å². The second-order valence-electron chi connectivity index (χ2n) is 16.0. The fraction of sp³-hybridized carbons (Fsp3) is 0.200. The third kappa shape index (κ3) is 11.9. The van der Waals surface area contributed by atoms with Crippen molar-refractivity contribution in [1.82, 2.24) is 14.4 Å². The van der Waals surface area contributed by atoms with Crippen LogP contribution in [0.15, 0.2) is 152 Å². The summed E-state index contributed by atoms with van der Waals surface area (Å²) in [5.41, 5.74) is 13.5. The molecule has 0 bridgehead atoms. The van der Waals surface area contributed by atoms with E-state index < -0.39 is 0 Å². The number of para-hydroxylation sites is 2. The summed E-state index contributed by atoms with van der Waals surface area (Å²) in [5, 5.41) is 25.8. The smallest absolute Gasteiger partial charge is 0.507 e. The third-order valence-corrected chi connectivity index (χ3v) is 10.9. The summed E-state index contributed by atoms with van der Waals surface area (Å²) in [6.45, 7) is 18.9. The molecule has 0 aliphatic heterocycles. The minimum Gasteiger partial charge on any atom is -0.507 e. The molecule has 0 saturated heterocycles. The van der Waals surface area contributed by atoms with E-state index in [2.05, 4.69) is 161 Å². The number of nitrogens with zero attached hydrogens (tertiary/aromatic N) is 3. The molecule has 61 heavy (non-hydrogen) atoms. The van der Waals surface area contributed by atoms with E-state index in [-0.39, 0.29) is 25.8 Å². The molecule has 308 valence electrons. The molecule has 8 aromatic rings. The Hall–Kier alpha value is -5.53. The molecule has 0 radical (unpaired) electrons. The number of phenolic OH excluding ortho intramolecular Hbond substituents is 2. The third-order valence-electron chi connectivity index (χ3n) is 10.9. The van der Waals surface area contributed by atoms with Gasteiger partial charge in [0.25, 0.3) is 0 Å². The van der Waals surface area contributed by atoms with Crippen LogP contribution in [0.1, 0.15) is 44.5 Å². The Bertz CT molecular complexity index is 2540. The molecular formula is C55H59HfN3O2+2. The SMILES string of the molecule is Cc1cc(CCN(CCN(C)C)Cc2cc(C)cc(-n3c4ccccc4c4ccccc43)c2O)c(O)c(-c2c(C)cccc2C)c1.[CH2-]c1ccccc1.[CH2-]c1ccccc1.[Hf+4]. The number of phenols is 2. The van der Waals surface area contributed by atoms with Crippen LogP contribution in [0.2, 0.25) is 0 Å². The Kier molecular flexibility index (Phi) is 16.7. The van der Waals surface area contributed by atoms with Crippen molar-refractivity contribution in [2.45, 2.75) is 40.7 Å². The van der Waals surface area contributed by atoms with Gasteiger partial charge in [-0.05, 0) is 106 Å². The first-order valence-corrected chi connectivity index (χ1v) is 20.7. The average Bonchev–Trinajstić information content (AvgIpc) is 3.56. The Morgan fingerprint density at radius 1 is 0.525 bits per heavy atom. The Balaban J connectivity index is 0.000000396. The van der Waals surface area contributed by atoms with Crippen LogP contribution in [-0.4, -0.2) is 58.3 Å². The summed E-state index contributed by atoms with van der Waals surface area (Å²) >= 11 is 0. The quantitative estimate of drug-likeness (QED) is 0.106. The average molecular weight is 973 g/mol. The van der Waals surface area contributed by atoms with E-state index in [9.17, 15) is 10.2 Å². The summed E-state index contributed by atoms with van der Waals surface area (Å²) in [4.78, 5) is 4.58. The van der Waals surface area contributed by atoms with Gasteiger partial charge in [-0.2, -0.15) is 49.2 Å². The number of likely N-dealkylation sites (N-methyl/N-ethyl adjacent to an activating group) is 1. The van der Waals surface area contributed by atoms with E-state index in [1.807, 2.05) is 60.7 Å². The van der Waals surface area contributed by atoms with Crippen LogP contribution < -0.4 is 0 Å². The minimum atomic E-state index is 0. The van der Waals surface area contributed by atoms with Crippen LogP contribution in [0.5, 0.6) is 11.5 Å². The molecule has 8 rings (SSSR count). The Morgan fingerprint density at radius 2 is 1.02 bits per heavy atom. The zero-order valence-corrected chi connectivity index (χ0v) is 40.2. The number of hydrogen-bond acceptors (Lipinski definition) is 4. The molecule has 1 heterocycles. The van der Waals surface area contributed by atoms with Crippen molar-refractivity contribution >= 4 is 21.8 Å². The predicted octanol–water partition coefficient (Wildman–Crippen LogP) is 12.4. The Labute approximate surface area is 382 Å². The molecule has 5 nitrogen and oxygen atoms in total. The summed E-state index contributed by atoms with van der Waals surface area (Å²) in [5.74, 6) is 0.672. The zero-order valence-electron chi connectivity index (χ0n) is 36.6. The number of benzene rings is 7. The number of aromatic hydroxyl groups is 2. The first-order chi connectivity index (χ1) is 28.9. The molecule has 0 saturated carbocycles. The van der Waals surface area contributed by atoms with Crippen LogP contribution >= 0.6 is 0 Å². The molecule has 0 amide bonds. The first kappa shape index (κ1) is 46.5. The van der Waals surface area contributed by atoms with Crippen molar-refractivity contribution in [3.8, 4) is 28.3 Å². The molecule has 6 heteroatoms. The van der Waals surface area contributed by atoms with Gasteiger partial charge >= 0.3 is 25.8 Å². The summed E-state index contributed by atoms with van der Waals surface area (Å²) < 4.78 is 2.19. The van der Waals surface area contributed by atoms with E-state index in [4.69, 9.17) is 0 Å². The van der Waals surface area contributed by atoms with Crippen molar-refractivity contribution in [1.29, 1.82) is 0 Å². The standard InChI is InChI=1S/C41H45N3O2.2C7H7.Hf/c1-27-22-31(40(45)35(24-27)39-29(3)12-11-13-30(39)4)18-19-43(21-20-42(5)6)26-32-23-28(2)25-38(41(32)46)44-36-16-9-7-14-33(36)34-15-8-10-17-37(34)44;2*1-7-5-3-2-4-6-7;/h7-17,22-25,45-46H,18-21,26H2,1-6H3;2*2-6H,1H2;/q;2*-1;+4. The summed E-state index contributed by atoms with van der Waals surface area (Å²) in [6, 6.07) is 51.2. The summed E-state index contributed by atoms with van der Waals surface area (Å²) in [7, 11) is 4.18. The van der Waals surface area contributed by atoms with E-state index in [0.717, 1.165) is 92.0 Å². The Morgan fingerprint density at radius 3 is 1.52 bits per heavy atom. The number of aromatic nitrogens is 1. The molecule has 0 aliphatic rings. The maximum atomic E-state index is 11.9. The van der Waals surface area contributed by atoms with Crippen molar-refractivity contribution in [3.63, 3.8) is 0 Å². The molecule has 0 unspecified atom stereocenters. The maximum absolute atomic E-state index is 11.9. The second-order valence-corrected chi connectivity index (χ2v) is 16.0. The van der Waals surface area contributed by atoms with Crippen molar-refractivity contribution in [3.05, 3.63) is 210 Å². The van der Waals surface area contributed by atoms with Gasteiger partial charge in [-0.3, -0.25) is 4.90 Å². The fourth-order valence-electron chi connectivity index (χ4n) is 7.87. The van der Waals surface area contributed by atoms with Crippen LogP contribution in [0.3, 0.4) is 0 Å². The monoisotopic (exact) mass is 973 g/mol. The topological polar surface area (TPSA) is 51.9 Å². The van der Waals surface area contributed by atoms with Gasteiger partial charge in [0.1, 0.15) is 11.5 Å². The van der Waals surface area contributed by atoms with E-state index in [1.165, 1.54) is 10.8 Å². The van der Waals surface area contributed by atoms with Crippen LogP contribution in [-0.2, 0) is 38.8 Å². The molecule has 0 atom stereocenters. The molecule has 7 aromatic carbocycles. The normalized spacial score (nSPS) is 10.9. The van der Waals surface area contributed by atoms with Crippen LogP contribution in [0, 0.1) is 41.5 Å². The summed E-state index contributed by atoms with van der Waals surface area (Å²) in [6.07, 6.45) is 0.700. The molecule has 0 aliphatic carbocycles. The van der Waals surface area contributed by atoms with Gasteiger partial charge in [-0.1, -0.05) is 78.9 Å².